The van der Waals surface area contributed by atoms with Crippen LogP contribution in [0.3, 0.4) is 0 Å². The van der Waals surface area contributed by atoms with E-state index < -0.39 is 0 Å². The van der Waals surface area contributed by atoms with Crippen LogP contribution in [0.1, 0.15) is 18.4 Å². The molecule has 2 aromatic rings. The third kappa shape index (κ3) is 3.60. The molecule has 0 heterocycles. The molecular weight excluding hydrogens is 250 g/mol. The number of amides is 1. The smallest absolute Gasteiger partial charge is 0.224 e. The van der Waals surface area contributed by atoms with E-state index in [1.54, 1.807) is 0 Å². The lowest BCUT2D eigenvalue weighted by atomic mass is 10.1. The summed E-state index contributed by atoms with van der Waals surface area (Å²) < 4.78 is 5.71. The fourth-order valence-electron chi connectivity index (χ4n) is 1.99. The van der Waals surface area contributed by atoms with E-state index in [1.807, 2.05) is 54.6 Å². The molecule has 102 valence electrons. The maximum absolute atomic E-state index is 11.7. The average molecular weight is 267 g/mol. The summed E-state index contributed by atoms with van der Waals surface area (Å²) in [5.74, 6) is 1.69. The minimum atomic E-state index is 0.101. The topological polar surface area (TPSA) is 38.3 Å². The molecule has 0 bridgehead atoms. The lowest BCUT2D eigenvalue weighted by Crippen LogP contribution is -2.26. The molecule has 1 N–H and O–H groups in total. The number of benzene rings is 2. The van der Waals surface area contributed by atoms with E-state index in [9.17, 15) is 4.79 Å². The molecular formula is C17H17NO2. The van der Waals surface area contributed by atoms with Gasteiger partial charge in [-0.05, 0) is 42.7 Å². The minimum absolute atomic E-state index is 0.101. The van der Waals surface area contributed by atoms with Crippen LogP contribution in [0.15, 0.2) is 54.6 Å². The Hall–Kier alpha value is -2.29. The van der Waals surface area contributed by atoms with Crippen molar-refractivity contribution >= 4 is 5.91 Å². The van der Waals surface area contributed by atoms with Gasteiger partial charge >= 0.3 is 0 Å². The molecule has 0 aliphatic heterocycles. The zero-order chi connectivity index (χ0) is 13.8. The maximum atomic E-state index is 11.7. The Morgan fingerprint density at radius 1 is 1.00 bits per heavy atom. The summed E-state index contributed by atoms with van der Waals surface area (Å²) in [6.45, 7) is 0. The highest BCUT2D eigenvalue weighted by atomic mass is 16.5. The molecule has 0 atom stereocenters. The number of carbonyl (C=O) groups is 1. The van der Waals surface area contributed by atoms with Crippen LogP contribution in [0.4, 0.5) is 0 Å². The highest BCUT2D eigenvalue weighted by molar-refractivity contribution is 5.79. The second-order valence-electron chi connectivity index (χ2n) is 5.08. The molecule has 3 rings (SSSR count). The van der Waals surface area contributed by atoms with Crippen LogP contribution in [-0.4, -0.2) is 11.9 Å². The first kappa shape index (κ1) is 12.7. The second-order valence-corrected chi connectivity index (χ2v) is 5.08. The predicted molar refractivity (Wildman–Crippen MR) is 77.8 cm³/mol. The summed E-state index contributed by atoms with van der Waals surface area (Å²) in [5.41, 5.74) is 1.00. The van der Waals surface area contributed by atoms with Gasteiger partial charge in [0.05, 0.1) is 6.42 Å². The first-order chi connectivity index (χ1) is 9.79. The van der Waals surface area contributed by atoms with Crippen LogP contribution >= 0.6 is 0 Å². The van der Waals surface area contributed by atoms with Crippen molar-refractivity contribution in [3.05, 3.63) is 60.2 Å². The Morgan fingerprint density at radius 2 is 1.65 bits per heavy atom. The molecule has 1 saturated carbocycles. The first-order valence-corrected chi connectivity index (χ1v) is 6.91. The van der Waals surface area contributed by atoms with E-state index in [0.717, 1.165) is 29.9 Å². The number of nitrogens with one attached hydrogen (secondary N) is 1. The molecule has 1 amide bonds. The van der Waals surface area contributed by atoms with Gasteiger partial charge in [-0.25, -0.2) is 0 Å². The van der Waals surface area contributed by atoms with Crippen molar-refractivity contribution in [1.82, 2.24) is 5.32 Å². The van der Waals surface area contributed by atoms with Crippen LogP contribution in [0.5, 0.6) is 11.5 Å². The Labute approximate surface area is 118 Å². The summed E-state index contributed by atoms with van der Waals surface area (Å²) in [6, 6.07) is 17.7. The minimum Gasteiger partial charge on any atom is -0.457 e. The van der Waals surface area contributed by atoms with Crippen LogP contribution in [0.25, 0.3) is 0 Å². The van der Waals surface area contributed by atoms with Gasteiger partial charge in [0, 0.05) is 6.04 Å². The summed E-state index contributed by atoms with van der Waals surface area (Å²) in [5, 5.41) is 2.99. The number of para-hydroxylation sites is 1. The number of ether oxygens (including phenoxy) is 1. The third-order valence-corrected chi connectivity index (χ3v) is 3.21. The Bertz CT molecular complexity index is 574. The van der Waals surface area contributed by atoms with Gasteiger partial charge in [0.25, 0.3) is 0 Å². The van der Waals surface area contributed by atoms with Crippen molar-refractivity contribution in [1.29, 1.82) is 0 Å². The molecule has 0 aromatic heterocycles. The Morgan fingerprint density at radius 3 is 2.30 bits per heavy atom. The van der Waals surface area contributed by atoms with E-state index in [1.165, 1.54) is 0 Å². The predicted octanol–water partition coefficient (Wildman–Crippen LogP) is 3.30. The summed E-state index contributed by atoms with van der Waals surface area (Å²) in [6.07, 6.45) is 2.67. The summed E-state index contributed by atoms with van der Waals surface area (Å²) in [4.78, 5) is 11.7. The fraction of sp³-hybridized carbons (Fsp3) is 0.235. The maximum Gasteiger partial charge on any atom is 0.224 e. The molecule has 0 radical (unpaired) electrons. The van der Waals surface area contributed by atoms with Gasteiger partial charge in [0.15, 0.2) is 0 Å². The summed E-state index contributed by atoms with van der Waals surface area (Å²) in [7, 11) is 0. The van der Waals surface area contributed by atoms with Gasteiger partial charge < -0.3 is 10.1 Å². The van der Waals surface area contributed by atoms with Crippen molar-refractivity contribution in [2.45, 2.75) is 25.3 Å². The zero-order valence-corrected chi connectivity index (χ0v) is 11.2. The van der Waals surface area contributed by atoms with E-state index >= 15 is 0 Å². The van der Waals surface area contributed by atoms with Gasteiger partial charge in [0.1, 0.15) is 11.5 Å². The average Bonchev–Trinajstić information content (AvgIpc) is 3.26. The van der Waals surface area contributed by atoms with Crippen molar-refractivity contribution in [3.8, 4) is 11.5 Å². The SMILES string of the molecule is O=C(Cc1ccc(Oc2ccccc2)cc1)NC1CC1. The number of hydrogen-bond donors (Lipinski definition) is 1. The largest absolute Gasteiger partial charge is 0.457 e. The molecule has 3 nitrogen and oxygen atoms in total. The van der Waals surface area contributed by atoms with Crippen LogP contribution in [0.2, 0.25) is 0 Å². The number of rotatable bonds is 5. The third-order valence-electron chi connectivity index (χ3n) is 3.21. The molecule has 0 unspecified atom stereocenters. The normalized spacial score (nSPS) is 13.8. The van der Waals surface area contributed by atoms with Gasteiger partial charge in [-0.2, -0.15) is 0 Å². The van der Waals surface area contributed by atoms with Crippen LogP contribution < -0.4 is 10.1 Å². The molecule has 2 aromatic carbocycles. The van der Waals surface area contributed by atoms with Crippen molar-refractivity contribution in [2.24, 2.45) is 0 Å². The lowest BCUT2D eigenvalue weighted by molar-refractivity contribution is -0.120. The highest BCUT2D eigenvalue weighted by Crippen LogP contribution is 2.22. The fourth-order valence-corrected chi connectivity index (χ4v) is 1.99. The molecule has 1 aliphatic carbocycles. The number of hydrogen-bond acceptors (Lipinski definition) is 2. The van der Waals surface area contributed by atoms with Gasteiger partial charge in [0.2, 0.25) is 5.91 Å². The highest BCUT2D eigenvalue weighted by Gasteiger charge is 2.22. The Kier molecular flexibility index (Phi) is 3.68. The molecule has 3 heteroatoms. The van der Waals surface area contributed by atoms with E-state index in [-0.39, 0.29) is 5.91 Å². The van der Waals surface area contributed by atoms with Gasteiger partial charge in [-0.1, -0.05) is 30.3 Å². The van der Waals surface area contributed by atoms with Crippen LogP contribution in [0, 0.1) is 0 Å². The lowest BCUT2D eigenvalue weighted by Gasteiger charge is -2.07. The van der Waals surface area contributed by atoms with Gasteiger partial charge in [-0.3, -0.25) is 4.79 Å². The molecule has 0 saturated heterocycles. The monoisotopic (exact) mass is 267 g/mol. The molecule has 1 aliphatic rings. The molecule has 0 spiro atoms. The first-order valence-electron chi connectivity index (χ1n) is 6.91. The van der Waals surface area contributed by atoms with Crippen molar-refractivity contribution in [2.75, 3.05) is 0 Å². The quantitative estimate of drug-likeness (QED) is 0.902. The standard InChI is InChI=1S/C17H17NO2/c19-17(18-14-8-9-14)12-13-6-10-16(11-7-13)20-15-4-2-1-3-5-15/h1-7,10-11,14H,8-9,12H2,(H,18,19). The summed E-state index contributed by atoms with van der Waals surface area (Å²) >= 11 is 0. The van der Waals surface area contributed by atoms with Crippen LogP contribution in [-0.2, 0) is 11.2 Å². The number of carbonyl (C=O) groups excluding carboxylic acids is 1. The molecule has 20 heavy (non-hydrogen) atoms. The van der Waals surface area contributed by atoms with E-state index in [4.69, 9.17) is 4.74 Å². The van der Waals surface area contributed by atoms with E-state index in [2.05, 4.69) is 5.32 Å². The zero-order valence-electron chi connectivity index (χ0n) is 11.2. The molecule has 1 fully saturated rings. The van der Waals surface area contributed by atoms with E-state index in [0.29, 0.717) is 12.5 Å². The van der Waals surface area contributed by atoms with Crippen molar-refractivity contribution in [3.63, 3.8) is 0 Å². The van der Waals surface area contributed by atoms with Crippen molar-refractivity contribution < 1.29 is 9.53 Å². The van der Waals surface area contributed by atoms with Gasteiger partial charge in [-0.15, -0.1) is 0 Å². The second kappa shape index (κ2) is 5.78. The Balaban J connectivity index is 1.57.